The molecule has 0 unspecified atom stereocenters. The Kier molecular flexibility index (Phi) is 3.71. The van der Waals surface area contributed by atoms with E-state index in [0.29, 0.717) is 11.7 Å². The van der Waals surface area contributed by atoms with Gasteiger partial charge in [0.05, 0.1) is 5.69 Å². The Bertz CT molecular complexity index is 609. The minimum Gasteiger partial charge on any atom is -0.368 e. The highest BCUT2D eigenvalue weighted by Gasteiger charge is 2.45. The van der Waals surface area contributed by atoms with Gasteiger partial charge in [-0.15, -0.1) is 0 Å². The summed E-state index contributed by atoms with van der Waals surface area (Å²) in [6.07, 6.45) is 4.94. The monoisotopic (exact) mass is 318 g/mol. The summed E-state index contributed by atoms with van der Waals surface area (Å²) in [6.45, 7) is 2.99. The zero-order valence-electron chi connectivity index (χ0n) is 13.5. The van der Waals surface area contributed by atoms with E-state index in [1.165, 1.54) is 26.4 Å². The molecule has 1 aromatic heterocycles. The van der Waals surface area contributed by atoms with Crippen molar-refractivity contribution in [1.82, 2.24) is 15.2 Å². The molecule has 124 valence electrons. The van der Waals surface area contributed by atoms with Gasteiger partial charge in [0.25, 0.3) is 5.91 Å². The molecule has 23 heavy (non-hydrogen) atoms. The number of hydrogen-bond acceptors (Lipinski definition) is 4. The molecule has 1 N–H and O–H groups in total. The highest BCUT2D eigenvalue weighted by atomic mass is 19.1. The third kappa shape index (κ3) is 2.59. The van der Waals surface area contributed by atoms with Crippen LogP contribution in [0.5, 0.6) is 0 Å². The van der Waals surface area contributed by atoms with E-state index in [9.17, 15) is 9.18 Å². The van der Waals surface area contributed by atoms with Crippen LogP contribution in [0.25, 0.3) is 0 Å². The van der Waals surface area contributed by atoms with Crippen molar-refractivity contribution in [1.29, 1.82) is 0 Å². The lowest BCUT2D eigenvalue weighted by atomic mass is 9.86. The summed E-state index contributed by atoms with van der Waals surface area (Å²) in [7, 11) is 1.52. The first kappa shape index (κ1) is 14.9. The number of piperidine rings is 1. The van der Waals surface area contributed by atoms with E-state index in [4.69, 9.17) is 0 Å². The van der Waals surface area contributed by atoms with Gasteiger partial charge in [0.1, 0.15) is 5.69 Å². The number of aromatic nitrogens is 1. The molecule has 1 aromatic rings. The zero-order valence-corrected chi connectivity index (χ0v) is 13.5. The Hall–Kier alpha value is -1.69. The molecule has 4 fully saturated rings. The number of halogens is 1. The Morgan fingerprint density at radius 1 is 1.26 bits per heavy atom. The Balaban J connectivity index is 1.41. The lowest BCUT2D eigenvalue weighted by Gasteiger charge is -2.39. The van der Waals surface area contributed by atoms with E-state index in [2.05, 4.69) is 20.1 Å². The number of fused-ring (bicyclic) bond motifs is 1. The molecule has 4 heterocycles. The molecule has 0 radical (unpaired) electrons. The first-order valence-electron chi connectivity index (χ1n) is 8.55. The van der Waals surface area contributed by atoms with Crippen molar-refractivity contribution in [3.05, 3.63) is 23.8 Å². The minimum atomic E-state index is -0.548. The topological polar surface area (TPSA) is 48.5 Å². The van der Waals surface area contributed by atoms with Crippen LogP contribution in [0, 0.1) is 11.9 Å². The number of carbonyl (C=O) groups is 1. The van der Waals surface area contributed by atoms with Gasteiger partial charge in [-0.25, -0.2) is 4.98 Å². The van der Waals surface area contributed by atoms with Gasteiger partial charge in [-0.1, -0.05) is 0 Å². The van der Waals surface area contributed by atoms with E-state index < -0.39 is 5.95 Å². The first-order valence-corrected chi connectivity index (χ1v) is 8.55. The third-order valence-corrected chi connectivity index (χ3v) is 5.71. The number of anilines is 1. The molecular weight excluding hydrogens is 295 g/mol. The molecule has 3 saturated heterocycles. The fourth-order valence-corrected chi connectivity index (χ4v) is 4.37. The van der Waals surface area contributed by atoms with E-state index >= 15 is 0 Å². The quantitative estimate of drug-likeness (QED) is 0.861. The van der Waals surface area contributed by atoms with Crippen LogP contribution in [0.3, 0.4) is 0 Å². The second kappa shape index (κ2) is 5.74. The number of amides is 1. The van der Waals surface area contributed by atoms with Crippen molar-refractivity contribution in [2.45, 2.75) is 37.8 Å². The van der Waals surface area contributed by atoms with E-state index in [1.54, 1.807) is 12.1 Å². The molecule has 5 rings (SSSR count). The molecular formula is C17H23FN4O. The van der Waals surface area contributed by atoms with Crippen LogP contribution in [0.2, 0.25) is 0 Å². The Morgan fingerprint density at radius 2 is 2.00 bits per heavy atom. The number of rotatable bonds is 3. The number of nitrogens with one attached hydrogen (secondary N) is 1. The number of hydrogen-bond donors (Lipinski definition) is 1. The van der Waals surface area contributed by atoms with Crippen molar-refractivity contribution < 1.29 is 9.18 Å². The molecule has 6 heteroatoms. The molecule has 1 aliphatic carbocycles. The standard InChI is InChI=1S/C17H23FN4O/c1-19-17(23)14-2-3-15(16(18)20-14)21-6-4-12(5-7-21)22-10-11-8-13(22)9-11/h2-3,11-13H,4-10H2,1H3,(H,19,23). The van der Waals surface area contributed by atoms with Crippen LogP contribution < -0.4 is 10.2 Å². The fraction of sp³-hybridized carbons (Fsp3) is 0.647. The average Bonchev–Trinajstić information content (AvgIpc) is 3.15. The molecule has 0 spiro atoms. The van der Waals surface area contributed by atoms with E-state index in [1.807, 2.05) is 0 Å². The zero-order chi connectivity index (χ0) is 16.0. The van der Waals surface area contributed by atoms with Gasteiger partial charge in [0.2, 0.25) is 5.95 Å². The summed E-state index contributed by atoms with van der Waals surface area (Å²) in [5.74, 6) is 0.0343. The molecule has 3 aliphatic heterocycles. The van der Waals surface area contributed by atoms with Crippen LogP contribution >= 0.6 is 0 Å². The summed E-state index contributed by atoms with van der Waals surface area (Å²) < 4.78 is 14.3. The van der Waals surface area contributed by atoms with Crippen LogP contribution in [-0.4, -0.2) is 54.6 Å². The maximum Gasteiger partial charge on any atom is 0.269 e. The summed E-state index contributed by atoms with van der Waals surface area (Å²) >= 11 is 0. The van der Waals surface area contributed by atoms with Gasteiger partial charge >= 0.3 is 0 Å². The summed E-state index contributed by atoms with van der Waals surface area (Å²) in [4.78, 5) is 20.1. The van der Waals surface area contributed by atoms with Gasteiger partial charge in [-0.3, -0.25) is 9.69 Å². The number of carbonyl (C=O) groups excluding carboxylic acids is 1. The van der Waals surface area contributed by atoms with E-state index in [0.717, 1.165) is 37.9 Å². The average molecular weight is 318 g/mol. The van der Waals surface area contributed by atoms with Crippen LogP contribution in [0.4, 0.5) is 10.1 Å². The van der Waals surface area contributed by atoms with Crippen molar-refractivity contribution in [2.75, 3.05) is 31.6 Å². The fourth-order valence-electron chi connectivity index (χ4n) is 4.37. The molecule has 2 bridgehead atoms. The van der Waals surface area contributed by atoms with Crippen LogP contribution in [0.15, 0.2) is 12.1 Å². The first-order chi connectivity index (χ1) is 11.2. The second-order valence-electron chi connectivity index (χ2n) is 6.99. The van der Waals surface area contributed by atoms with Gasteiger partial charge in [-0.05, 0) is 43.7 Å². The maximum absolute atomic E-state index is 14.3. The van der Waals surface area contributed by atoms with E-state index in [-0.39, 0.29) is 11.6 Å². The third-order valence-electron chi connectivity index (χ3n) is 5.71. The lowest BCUT2D eigenvalue weighted by molar-refractivity contribution is 0.0957. The molecule has 0 atom stereocenters. The van der Waals surface area contributed by atoms with Crippen molar-refractivity contribution in [3.63, 3.8) is 0 Å². The van der Waals surface area contributed by atoms with Gasteiger partial charge in [0.15, 0.2) is 0 Å². The van der Waals surface area contributed by atoms with Crippen LogP contribution in [-0.2, 0) is 0 Å². The second-order valence-corrected chi connectivity index (χ2v) is 6.99. The van der Waals surface area contributed by atoms with Crippen molar-refractivity contribution >= 4 is 11.6 Å². The summed E-state index contributed by atoms with van der Waals surface area (Å²) in [5, 5.41) is 2.47. The van der Waals surface area contributed by atoms with Crippen molar-refractivity contribution in [2.24, 2.45) is 5.92 Å². The predicted molar refractivity (Wildman–Crippen MR) is 86.0 cm³/mol. The smallest absolute Gasteiger partial charge is 0.269 e. The predicted octanol–water partition coefficient (Wildman–Crippen LogP) is 1.64. The molecule has 1 amide bonds. The number of pyridine rings is 1. The lowest BCUT2D eigenvalue weighted by Crippen LogP contribution is -2.46. The molecule has 4 aliphatic rings. The van der Waals surface area contributed by atoms with Crippen molar-refractivity contribution in [3.8, 4) is 0 Å². The van der Waals surface area contributed by atoms with Gasteiger partial charge in [0, 0.05) is 38.8 Å². The highest BCUT2D eigenvalue weighted by Crippen LogP contribution is 2.43. The largest absolute Gasteiger partial charge is 0.368 e. The van der Waals surface area contributed by atoms with Gasteiger partial charge in [-0.2, -0.15) is 4.39 Å². The number of nitrogens with zero attached hydrogens (tertiary/aromatic N) is 3. The summed E-state index contributed by atoms with van der Waals surface area (Å²) in [5.41, 5.74) is 0.641. The summed E-state index contributed by atoms with van der Waals surface area (Å²) in [6, 6.07) is 4.75. The highest BCUT2D eigenvalue weighted by molar-refractivity contribution is 5.92. The Labute approximate surface area is 135 Å². The minimum absolute atomic E-state index is 0.125. The van der Waals surface area contributed by atoms with Crippen LogP contribution in [0.1, 0.15) is 36.2 Å². The molecule has 0 aromatic carbocycles. The molecule has 1 saturated carbocycles. The Morgan fingerprint density at radius 3 is 2.57 bits per heavy atom. The molecule has 5 nitrogen and oxygen atoms in total. The normalized spacial score (nSPS) is 27.8. The maximum atomic E-state index is 14.3. The van der Waals surface area contributed by atoms with Gasteiger partial charge < -0.3 is 10.2 Å². The SMILES string of the molecule is CNC(=O)c1ccc(N2CCC(N3CC4CC3C4)CC2)c(F)n1.